The third kappa shape index (κ3) is 2.69. The third-order valence-corrected chi connectivity index (χ3v) is 2.07. The average molecular weight is 240 g/mol. The molecule has 17 heavy (non-hydrogen) atoms. The van der Waals surface area contributed by atoms with E-state index in [9.17, 15) is 18.9 Å². The first-order valence-corrected chi connectivity index (χ1v) is 4.67. The fourth-order valence-electron chi connectivity index (χ4n) is 1.16. The highest BCUT2D eigenvalue weighted by atomic mass is 19.2. The number of hydrogen-bond acceptors (Lipinski definition) is 3. The summed E-state index contributed by atoms with van der Waals surface area (Å²) in [5.41, 5.74) is -2.13. The van der Waals surface area contributed by atoms with Gasteiger partial charge in [-0.3, -0.25) is 10.1 Å². The van der Waals surface area contributed by atoms with Crippen molar-refractivity contribution < 1.29 is 13.7 Å². The molecule has 0 aromatic heterocycles. The van der Waals surface area contributed by atoms with Gasteiger partial charge in [0.2, 0.25) is 0 Å². The molecule has 0 saturated heterocycles. The van der Waals surface area contributed by atoms with Crippen LogP contribution < -0.4 is 5.32 Å². The molecule has 1 N–H and O–H groups in total. The Morgan fingerprint density at radius 3 is 2.53 bits per heavy atom. The van der Waals surface area contributed by atoms with E-state index in [2.05, 4.69) is 11.2 Å². The maximum atomic E-state index is 13.5. The third-order valence-electron chi connectivity index (χ3n) is 2.07. The monoisotopic (exact) mass is 240 g/mol. The lowest BCUT2D eigenvalue weighted by Crippen LogP contribution is -2.29. The van der Waals surface area contributed by atoms with Crippen molar-refractivity contribution in [1.82, 2.24) is 0 Å². The first kappa shape index (κ1) is 12.9. The standard InChI is InChI=1S/C11H10F2N2O2/c1-4-11(2,3)14-10-8(15(16)17)6-5-7(12)9(10)13/h1,5-6,14H,2-3H3. The minimum atomic E-state index is -1.32. The lowest BCUT2D eigenvalue weighted by atomic mass is 10.1. The van der Waals surface area contributed by atoms with Gasteiger partial charge in [-0.1, -0.05) is 5.92 Å². The number of nitrogens with one attached hydrogen (secondary N) is 1. The largest absolute Gasteiger partial charge is 0.361 e. The van der Waals surface area contributed by atoms with Crippen molar-refractivity contribution in [1.29, 1.82) is 0 Å². The summed E-state index contributed by atoms with van der Waals surface area (Å²) in [6, 6.07) is 1.58. The zero-order chi connectivity index (χ0) is 13.2. The van der Waals surface area contributed by atoms with E-state index in [0.717, 1.165) is 6.07 Å². The first-order valence-electron chi connectivity index (χ1n) is 4.67. The van der Waals surface area contributed by atoms with Crippen LogP contribution in [0.3, 0.4) is 0 Å². The molecular weight excluding hydrogens is 230 g/mol. The molecule has 0 bridgehead atoms. The lowest BCUT2D eigenvalue weighted by molar-refractivity contribution is -0.384. The summed E-state index contributed by atoms with van der Waals surface area (Å²) < 4.78 is 26.5. The van der Waals surface area contributed by atoms with Gasteiger partial charge in [-0.05, 0) is 19.9 Å². The summed E-state index contributed by atoms with van der Waals surface area (Å²) in [6.07, 6.45) is 5.17. The number of terminal acetylenes is 1. The van der Waals surface area contributed by atoms with Crippen LogP contribution in [0.15, 0.2) is 12.1 Å². The molecule has 0 atom stereocenters. The molecule has 90 valence electrons. The highest BCUT2D eigenvalue weighted by Gasteiger charge is 2.26. The Hall–Kier alpha value is -2.16. The van der Waals surface area contributed by atoms with Crippen molar-refractivity contribution in [3.63, 3.8) is 0 Å². The molecule has 0 aliphatic heterocycles. The Kier molecular flexibility index (Phi) is 3.32. The van der Waals surface area contributed by atoms with Gasteiger partial charge in [0.1, 0.15) is 0 Å². The quantitative estimate of drug-likeness (QED) is 0.502. The molecule has 0 radical (unpaired) electrons. The zero-order valence-corrected chi connectivity index (χ0v) is 9.25. The van der Waals surface area contributed by atoms with E-state index in [0.29, 0.717) is 6.07 Å². The smallest absolute Gasteiger partial charge is 0.295 e. The number of benzene rings is 1. The molecule has 6 heteroatoms. The number of halogens is 2. The second-order valence-corrected chi connectivity index (χ2v) is 3.91. The second kappa shape index (κ2) is 4.37. The number of nitro benzene ring substituents is 1. The highest BCUT2D eigenvalue weighted by Crippen LogP contribution is 2.31. The minimum absolute atomic E-state index is 0.544. The molecule has 1 aromatic rings. The molecule has 1 rings (SSSR count). The van der Waals surface area contributed by atoms with E-state index >= 15 is 0 Å². The second-order valence-electron chi connectivity index (χ2n) is 3.91. The van der Waals surface area contributed by atoms with Gasteiger partial charge >= 0.3 is 0 Å². The number of nitro groups is 1. The van der Waals surface area contributed by atoms with E-state index in [1.807, 2.05) is 0 Å². The van der Waals surface area contributed by atoms with Gasteiger partial charge in [0, 0.05) is 6.07 Å². The van der Waals surface area contributed by atoms with Gasteiger partial charge in [-0.2, -0.15) is 0 Å². The van der Waals surface area contributed by atoms with Crippen molar-refractivity contribution in [3.8, 4) is 12.3 Å². The van der Waals surface area contributed by atoms with E-state index in [1.165, 1.54) is 13.8 Å². The van der Waals surface area contributed by atoms with Gasteiger partial charge in [0.15, 0.2) is 17.3 Å². The zero-order valence-electron chi connectivity index (χ0n) is 9.25. The molecule has 0 heterocycles. The van der Waals surface area contributed by atoms with Crippen LogP contribution in [0.4, 0.5) is 20.2 Å². The summed E-state index contributed by atoms with van der Waals surface area (Å²) in [7, 11) is 0. The molecule has 0 amide bonds. The maximum absolute atomic E-state index is 13.5. The van der Waals surface area contributed by atoms with Crippen molar-refractivity contribution in [2.24, 2.45) is 0 Å². The van der Waals surface area contributed by atoms with Crippen LogP contribution in [0.1, 0.15) is 13.8 Å². The van der Waals surface area contributed by atoms with Crippen molar-refractivity contribution in [2.75, 3.05) is 5.32 Å². The number of nitrogens with zero attached hydrogens (tertiary/aromatic N) is 1. The van der Waals surface area contributed by atoms with Crippen LogP contribution in [0.5, 0.6) is 0 Å². The van der Waals surface area contributed by atoms with Crippen LogP contribution in [0.2, 0.25) is 0 Å². The van der Waals surface area contributed by atoms with Gasteiger partial charge in [0.25, 0.3) is 5.69 Å². The Bertz CT molecular complexity index is 507. The molecule has 0 saturated carbocycles. The van der Waals surface area contributed by atoms with Crippen molar-refractivity contribution in [2.45, 2.75) is 19.4 Å². The molecule has 0 spiro atoms. The topological polar surface area (TPSA) is 55.2 Å². The van der Waals surface area contributed by atoms with Crippen LogP contribution in [-0.4, -0.2) is 10.5 Å². The molecule has 4 nitrogen and oxygen atoms in total. The van der Waals surface area contributed by atoms with Crippen LogP contribution in [0, 0.1) is 34.1 Å². The molecule has 0 unspecified atom stereocenters. The van der Waals surface area contributed by atoms with Crippen LogP contribution in [-0.2, 0) is 0 Å². The van der Waals surface area contributed by atoms with Crippen molar-refractivity contribution in [3.05, 3.63) is 33.9 Å². The Labute approximate surface area is 96.8 Å². The van der Waals surface area contributed by atoms with Gasteiger partial charge in [0.05, 0.1) is 10.5 Å². The fraction of sp³-hybridized carbons (Fsp3) is 0.273. The predicted octanol–water partition coefficient (Wildman–Crippen LogP) is 2.70. The predicted molar refractivity (Wildman–Crippen MR) is 59.5 cm³/mol. The van der Waals surface area contributed by atoms with Crippen LogP contribution in [0.25, 0.3) is 0 Å². The van der Waals surface area contributed by atoms with Gasteiger partial charge in [-0.15, -0.1) is 6.42 Å². The number of hydrogen-bond donors (Lipinski definition) is 1. The molecule has 1 aromatic carbocycles. The summed E-state index contributed by atoms with van der Waals surface area (Å²) >= 11 is 0. The SMILES string of the molecule is C#CC(C)(C)Nc1c([N+](=O)[O-])ccc(F)c1F. The maximum Gasteiger partial charge on any atom is 0.295 e. The van der Waals surface area contributed by atoms with Gasteiger partial charge < -0.3 is 5.32 Å². The fourth-order valence-corrected chi connectivity index (χ4v) is 1.16. The number of anilines is 1. The van der Waals surface area contributed by atoms with E-state index in [-0.39, 0.29) is 0 Å². The average Bonchev–Trinajstić information content (AvgIpc) is 2.24. The van der Waals surface area contributed by atoms with E-state index < -0.39 is 33.5 Å². The summed E-state index contributed by atoms with van der Waals surface area (Å²) in [5.74, 6) is -0.212. The van der Waals surface area contributed by atoms with E-state index in [4.69, 9.17) is 6.42 Å². The summed E-state index contributed by atoms with van der Waals surface area (Å²) in [6.45, 7) is 3.03. The van der Waals surface area contributed by atoms with Gasteiger partial charge in [-0.25, -0.2) is 8.78 Å². The molecule has 0 aliphatic carbocycles. The number of rotatable bonds is 3. The molecular formula is C11H10F2N2O2. The Morgan fingerprint density at radius 2 is 2.06 bits per heavy atom. The van der Waals surface area contributed by atoms with Crippen LogP contribution >= 0.6 is 0 Å². The Balaban J connectivity index is 3.35. The molecule has 0 fully saturated rings. The Morgan fingerprint density at radius 1 is 1.47 bits per heavy atom. The normalized spacial score (nSPS) is 10.8. The summed E-state index contributed by atoms with van der Waals surface area (Å²) in [4.78, 5) is 9.88. The highest BCUT2D eigenvalue weighted by molar-refractivity contribution is 5.64. The van der Waals surface area contributed by atoms with E-state index in [1.54, 1.807) is 0 Å². The minimum Gasteiger partial charge on any atom is -0.361 e. The summed E-state index contributed by atoms with van der Waals surface area (Å²) in [5, 5.41) is 13.1. The molecule has 0 aliphatic rings. The first-order chi connectivity index (χ1) is 7.78. The lowest BCUT2D eigenvalue weighted by Gasteiger charge is -2.21. The van der Waals surface area contributed by atoms with Crippen molar-refractivity contribution >= 4 is 11.4 Å².